The Morgan fingerprint density at radius 1 is 0.683 bits per heavy atom. The van der Waals surface area contributed by atoms with Gasteiger partial charge in [-0.05, 0) is 84.9 Å². The molecule has 0 aromatic heterocycles. The van der Waals surface area contributed by atoms with Gasteiger partial charge in [-0.1, -0.05) is 11.8 Å². The third kappa shape index (κ3) is 5.26. The third-order valence-corrected chi connectivity index (χ3v) is 6.41. The van der Waals surface area contributed by atoms with Crippen LogP contribution in [0.15, 0.2) is 84.9 Å². The van der Waals surface area contributed by atoms with Crippen LogP contribution in [0.4, 0.5) is 17.1 Å². The van der Waals surface area contributed by atoms with Crippen LogP contribution in [0.5, 0.6) is 5.75 Å². The molecule has 8 nitrogen and oxygen atoms in total. The number of amides is 4. The summed E-state index contributed by atoms with van der Waals surface area (Å²) in [4.78, 5) is 54.2. The second-order valence-electron chi connectivity index (χ2n) is 8.98. The third-order valence-electron chi connectivity index (χ3n) is 6.41. The van der Waals surface area contributed by atoms with E-state index in [1.165, 1.54) is 37.4 Å². The molecule has 0 atom stereocenters. The first kappa shape index (κ1) is 26.5. The molecular formula is C33H21N3O5. The number of hydrogen-bond donors (Lipinski definition) is 2. The summed E-state index contributed by atoms with van der Waals surface area (Å²) in [5, 5.41) is 5.50. The van der Waals surface area contributed by atoms with E-state index in [0.717, 1.165) is 4.90 Å². The summed E-state index contributed by atoms with van der Waals surface area (Å²) in [6.07, 6.45) is 10.8. The largest absolute Gasteiger partial charge is 0.497 e. The van der Waals surface area contributed by atoms with Crippen LogP contribution in [-0.4, -0.2) is 30.7 Å². The number of ether oxygens (including phenoxy) is 1. The van der Waals surface area contributed by atoms with Crippen LogP contribution in [0.25, 0.3) is 0 Å². The molecule has 0 fully saturated rings. The highest BCUT2D eigenvalue weighted by molar-refractivity contribution is 6.35. The molecule has 0 radical (unpaired) electrons. The number of methoxy groups -OCH3 is 1. The average molecular weight is 540 g/mol. The van der Waals surface area contributed by atoms with Crippen molar-refractivity contribution in [2.45, 2.75) is 0 Å². The van der Waals surface area contributed by atoms with Crippen LogP contribution < -0.4 is 20.3 Å². The van der Waals surface area contributed by atoms with Gasteiger partial charge in [-0.25, -0.2) is 4.90 Å². The van der Waals surface area contributed by atoms with Gasteiger partial charge < -0.3 is 15.4 Å². The zero-order valence-electron chi connectivity index (χ0n) is 21.7. The highest BCUT2D eigenvalue weighted by Crippen LogP contribution is 2.32. The molecule has 0 spiro atoms. The Balaban J connectivity index is 1.53. The molecule has 2 N–H and O–H groups in total. The van der Waals surface area contributed by atoms with Crippen LogP contribution in [0.3, 0.4) is 0 Å². The lowest BCUT2D eigenvalue weighted by Crippen LogP contribution is -2.30. The molecule has 0 saturated carbocycles. The van der Waals surface area contributed by atoms with Gasteiger partial charge in [0.1, 0.15) is 5.75 Å². The van der Waals surface area contributed by atoms with E-state index in [0.29, 0.717) is 28.3 Å². The maximum absolute atomic E-state index is 13.4. The lowest BCUT2D eigenvalue weighted by Gasteiger charge is -2.17. The summed E-state index contributed by atoms with van der Waals surface area (Å²) >= 11 is 0. The van der Waals surface area contributed by atoms with Crippen LogP contribution in [0, 0.1) is 24.7 Å². The van der Waals surface area contributed by atoms with Crippen molar-refractivity contribution in [1.29, 1.82) is 0 Å². The highest BCUT2D eigenvalue weighted by Gasteiger charge is 2.37. The highest BCUT2D eigenvalue weighted by atomic mass is 16.5. The van der Waals surface area contributed by atoms with Gasteiger partial charge >= 0.3 is 0 Å². The fourth-order valence-electron chi connectivity index (χ4n) is 4.29. The number of hydrogen-bond acceptors (Lipinski definition) is 5. The molecule has 5 rings (SSSR count). The summed E-state index contributed by atoms with van der Waals surface area (Å²) in [7, 11) is 1.45. The van der Waals surface area contributed by atoms with E-state index in [9.17, 15) is 19.2 Å². The van der Waals surface area contributed by atoms with Gasteiger partial charge in [0.05, 0.1) is 23.9 Å². The van der Waals surface area contributed by atoms with Crippen molar-refractivity contribution in [2.75, 3.05) is 22.6 Å². The number of nitrogens with zero attached hydrogens (tertiary/aromatic N) is 1. The first-order chi connectivity index (χ1) is 19.8. The van der Waals surface area contributed by atoms with Gasteiger partial charge in [-0.2, -0.15) is 0 Å². The molecule has 0 aliphatic carbocycles. The lowest BCUT2D eigenvalue weighted by molar-refractivity contribution is 0.0922. The minimum absolute atomic E-state index is 0.0468. The second kappa shape index (κ2) is 10.9. The van der Waals surface area contributed by atoms with Crippen molar-refractivity contribution in [2.24, 2.45) is 0 Å². The number of anilines is 3. The zero-order chi connectivity index (χ0) is 29.1. The van der Waals surface area contributed by atoms with Crippen LogP contribution >= 0.6 is 0 Å². The Kier molecular flexibility index (Phi) is 7.06. The fourth-order valence-corrected chi connectivity index (χ4v) is 4.29. The molecule has 4 aromatic rings. The summed E-state index contributed by atoms with van der Waals surface area (Å²) in [6.45, 7) is 0. The number of nitrogens with one attached hydrogen (secondary N) is 2. The monoisotopic (exact) mass is 539 g/mol. The minimum Gasteiger partial charge on any atom is -0.497 e. The number of carbonyl (C=O) groups is 4. The number of rotatable bonds is 6. The molecule has 0 bridgehead atoms. The molecular weight excluding hydrogens is 518 g/mol. The molecule has 1 aliphatic heterocycles. The normalized spacial score (nSPS) is 11.7. The van der Waals surface area contributed by atoms with Crippen LogP contribution in [0.1, 0.15) is 52.6 Å². The Labute approximate surface area is 235 Å². The predicted octanol–water partition coefficient (Wildman–Crippen LogP) is 4.96. The quantitative estimate of drug-likeness (QED) is 0.266. The summed E-state index contributed by atoms with van der Waals surface area (Å²) < 4.78 is 5.20. The fraction of sp³-hybridized carbons (Fsp3) is 0.0303. The summed E-state index contributed by atoms with van der Waals surface area (Å²) in [5.74, 6) is 3.09. The van der Waals surface area contributed by atoms with Gasteiger partial charge in [-0.15, -0.1) is 12.8 Å². The maximum Gasteiger partial charge on any atom is 0.266 e. The first-order valence-corrected chi connectivity index (χ1v) is 12.3. The molecule has 8 heteroatoms. The van der Waals surface area contributed by atoms with Crippen LogP contribution in [0.2, 0.25) is 0 Å². The smallest absolute Gasteiger partial charge is 0.266 e. The first-order valence-electron chi connectivity index (χ1n) is 12.3. The molecule has 0 unspecified atom stereocenters. The number of terminal acetylenes is 2. The van der Waals surface area contributed by atoms with E-state index in [1.54, 1.807) is 54.6 Å². The SMILES string of the molecule is C#Cc1ccc(NC(=O)c2cc(C(=O)Nc3ccc(C#C)cc3)cc(N3C(=O)c4ccc(OC)cc4C3=O)c2)cc1. The molecule has 0 saturated heterocycles. The van der Waals surface area contributed by atoms with E-state index in [2.05, 4.69) is 22.5 Å². The Bertz CT molecular complexity index is 1720. The Morgan fingerprint density at radius 2 is 1.17 bits per heavy atom. The van der Waals surface area contributed by atoms with Crippen molar-refractivity contribution in [1.82, 2.24) is 0 Å². The lowest BCUT2D eigenvalue weighted by atomic mass is 10.1. The number of fused-ring (bicyclic) bond motifs is 1. The molecule has 41 heavy (non-hydrogen) atoms. The predicted molar refractivity (Wildman–Crippen MR) is 155 cm³/mol. The standard InChI is InChI=1S/C33H21N3O5/c1-4-20-6-10-24(11-7-20)34-30(37)22-16-23(31(38)35-25-12-8-21(5-2)9-13-25)18-26(17-22)36-32(39)28-15-14-27(41-3)19-29(28)33(36)40/h1-2,6-19H,3H3,(H,34,37)(H,35,38). The zero-order valence-corrected chi connectivity index (χ0v) is 21.7. The van der Waals surface area contributed by atoms with E-state index in [4.69, 9.17) is 17.6 Å². The van der Waals surface area contributed by atoms with Gasteiger partial charge in [0, 0.05) is 33.6 Å². The van der Waals surface area contributed by atoms with E-state index < -0.39 is 23.6 Å². The number of imide groups is 1. The van der Waals surface area contributed by atoms with Crippen molar-refractivity contribution in [3.05, 3.63) is 118 Å². The van der Waals surface area contributed by atoms with Gasteiger partial charge in [0.2, 0.25) is 0 Å². The van der Waals surface area contributed by atoms with Gasteiger partial charge in [0.25, 0.3) is 23.6 Å². The Morgan fingerprint density at radius 3 is 1.63 bits per heavy atom. The molecule has 1 aliphatic rings. The second-order valence-corrected chi connectivity index (χ2v) is 8.98. The molecule has 198 valence electrons. The van der Waals surface area contributed by atoms with Crippen molar-refractivity contribution in [3.63, 3.8) is 0 Å². The van der Waals surface area contributed by atoms with Crippen molar-refractivity contribution >= 4 is 40.7 Å². The van der Waals surface area contributed by atoms with Crippen molar-refractivity contribution in [3.8, 4) is 30.4 Å². The maximum atomic E-state index is 13.4. The molecule has 4 amide bonds. The number of carbonyl (C=O) groups excluding carboxylic acids is 4. The van der Waals surface area contributed by atoms with Crippen molar-refractivity contribution < 1.29 is 23.9 Å². The number of benzene rings is 4. The van der Waals surface area contributed by atoms with Gasteiger partial charge in [0.15, 0.2) is 0 Å². The summed E-state index contributed by atoms with van der Waals surface area (Å²) in [6, 6.07) is 21.9. The summed E-state index contributed by atoms with van der Waals surface area (Å²) in [5.41, 5.74) is 2.69. The van der Waals surface area contributed by atoms with Crippen LogP contribution in [-0.2, 0) is 0 Å². The van der Waals surface area contributed by atoms with Gasteiger partial charge in [-0.3, -0.25) is 19.2 Å². The topological polar surface area (TPSA) is 105 Å². The minimum atomic E-state index is -0.609. The Hall–Kier alpha value is -6.12. The molecule has 4 aromatic carbocycles. The molecule has 1 heterocycles. The van der Waals surface area contributed by atoms with E-state index in [1.807, 2.05) is 0 Å². The van der Waals surface area contributed by atoms with E-state index >= 15 is 0 Å². The van der Waals surface area contributed by atoms with E-state index in [-0.39, 0.29) is 27.9 Å². The average Bonchev–Trinajstić information content (AvgIpc) is 3.26.